The molecule has 0 bridgehead atoms. The molecule has 0 saturated carbocycles. The number of carbonyl (C=O) groups excluding carboxylic acids is 1. The molecule has 0 heterocycles. The minimum absolute atomic E-state index is 0.119. The number of nitrogens with one attached hydrogen (secondary N) is 1. The normalized spacial score (nSPS) is 13.6. The molecule has 110 valence electrons. The lowest BCUT2D eigenvalue weighted by atomic mass is 10.00. The van der Waals surface area contributed by atoms with Crippen molar-refractivity contribution in [2.45, 2.75) is 19.4 Å². The highest BCUT2D eigenvalue weighted by Gasteiger charge is 2.20. The number of hydrogen-bond acceptors (Lipinski definition) is 3. The molecule has 1 aromatic rings. The van der Waals surface area contributed by atoms with Crippen LogP contribution in [0.15, 0.2) is 24.3 Å². The maximum atomic E-state index is 13.5. The van der Waals surface area contributed by atoms with E-state index in [0.29, 0.717) is 5.56 Å². The lowest BCUT2D eigenvalue weighted by molar-refractivity contribution is -0.148. The lowest BCUT2D eigenvalue weighted by Crippen LogP contribution is -2.40. The minimum Gasteiger partial charge on any atom is -0.479 e. The third-order valence-corrected chi connectivity index (χ3v) is 2.95. The average Bonchev–Trinajstić information content (AvgIpc) is 2.41. The highest BCUT2D eigenvalue weighted by atomic mass is 19.1. The number of rotatable bonds is 7. The molecule has 20 heavy (non-hydrogen) atoms. The Labute approximate surface area is 116 Å². The Bertz CT molecular complexity index is 478. The molecule has 2 unspecified atom stereocenters. The molecule has 1 amide bonds. The Morgan fingerprint density at radius 2 is 2.05 bits per heavy atom. The summed E-state index contributed by atoms with van der Waals surface area (Å²) in [4.78, 5) is 22.5. The fourth-order valence-electron chi connectivity index (χ4n) is 1.73. The molecule has 0 aliphatic carbocycles. The Morgan fingerprint density at radius 1 is 1.40 bits per heavy atom. The van der Waals surface area contributed by atoms with Crippen LogP contribution in [0.1, 0.15) is 12.5 Å². The van der Waals surface area contributed by atoms with Crippen LogP contribution in [0.3, 0.4) is 0 Å². The second-order valence-corrected chi connectivity index (χ2v) is 4.50. The molecule has 1 aromatic carbocycles. The van der Waals surface area contributed by atoms with Gasteiger partial charge in [-0.3, -0.25) is 4.79 Å². The van der Waals surface area contributed by atoms with Crippen molar-refractivity contribution in [3.8, 4) is 0 Å². The van der Waals surface area contributed by atoms with Crippen LogP contribution in [0.25, 0.3) is 0 Å². The Balaban J connectivity index is 2.51. The van der Waals surface area contributed by atoms with Crippen LogP contribution in [0.2, 0.25) is 0 Å². The fraction of sp³-hybridized carbons (Fsp3) is 0.429. The lowest BCUT2D eigenvalue weighted by Gasteiger charge is -2.15. The largest absolute Gasteiger partial charge is 0.479 e. The predicted molar refractivity (Wildman–Crippen MR) is 70.7 cm³/mol. The van der Waals surface area contributed by atoms with Gasteiger partial charge < -0.3 is 15.2 Å². The molecule has 5 nitrogen and oxygen atoms in total. The van der Waals surface area contributed by atoms with Crippen LogP contribution in [-0.4, -0.2) is 36.7 Å². The van der Waals surface area contributed by atoms with Crippen molar-refractivity contribution >= 4 is 11.9 Å². The van der Waals surface area contributed by atoms with Gasteiger partial charge in [0.05, 0.1) is 6.54 Å². The number of hydrogen-bond donors (Lipinski definition) is 2. The van der Waals surface area contributed by atoms with Gasteiger partial charge in [-0.1, -0.05) is 25.1 Å². The van der Waals surface area contributed by atoms with Crippen LogP contribution in [0, 0.1) is 11.7 Å². The second-order valence-electron chi connectivity index (χ2n) is 4.50. The number of carboxylic acid groups (broad SMARTS) is 1. The van der Waals surface area contributed by atoms with Crippen LogP contribution in [0.4, 0.5) is 4.39 Å². The first-order valence-electron chi connectivity index (χ1n) is 6.22. The number of carboxylic acids is 1. The van der Waals surface area contributed by atoms with Gasteiger partial charge in [-0.2, -0.15) is 0 Å². The Morgan fingerprint density at radius 3 is 2.60 bits per heavy atom. The summed E-state index contributed by atoms with van der Waals surface area (Å²) in [6.45, 7) is 1.54. The van der Waals surface area contributed by atoms with E-state index in [9.17, 15) is 14.0 Å². The smallest absolute Gasteiger partial charge is 0.334 e. The summed E-state index contributed by atoms with van der Waals surface area (Å²) in [5, 5.41) is 11.3. The molecular formula is C14H18FNO4. The van der Waals surface area contributed by atoms with Crippen molar-refractivity contribution in [3.05, 3.63) is 35.6 Å². The van der Waals surface area contributed by atoms with Gasteiger partial charge in [0.2, 0.25) is 5.91 Å². The van der Waals surface area contributed by atoms with Crippen molar-refractivity contribution in [3.63, 3.8) is 0 Å². The van der Waals surface area contributed by atoms with Crippen LogP contribution in [-0.2, 0) is 20.7 Å². The number of amides is 1. The van der Waals surface area contributed by atoms with E-state index in [0.717, 1.165) is 0 Å². The third kappa shape index (κ3) is 4.62. The van der Waals surface area contributed by atoms with E-state index in [-0.39, 0.29) is 24.7 Å². The van der Waals surface area contributed by atoms with Gasteiger partial charge in [-0.25, -0.2) is 9.18 Å². The van der Waals surface area contributed by atoms with Crippen molar-refractivity contribution in [2.24, 2.45) is 5.92 Å². The minimum atomic E-state index is -1.14. The van der Waals surface area contributed by atoms with Crippen molar-refractivity contribution in [2.75, 3.05) is 13.7 Å². The summed E-state index contributed by atoms with van der Waals surface area (Å²) in [7, 11) is 1.26. The third-order valence-electron chi connectivity index (χ3n) is 2.95. The molecule has 1 rings (SSSR count). The number of ether oxygens (including phenoxy) is 1. The summed E-state index contributed by atoms with van der Waals surface area (Å²) in [6.07, 6.45) is -0.830. The Hall–Kier alpha value is -1.95. The van der Waals surface area contributed by atoms with Crippen LogP contribution >= 0.6 is 0 Å². The van der Waals surface area contributed by atoms with Gasteiger partial charge in [0, 0.05) is 13.0 Å². The second kappa shape index (κ2) is 7.59. The summed E-state index contributed by atoms with van der Waals surface area (Å²) >= 11 is 0. The number of benzene rings is 1. The summed E-state index contributed by atoms with van der Waals surface area (Å²) in [5.41, 5.74) is 0.455. The van der Waals surface area contributed by atoms with Crippen molar-refractivity contribution in [1.82, 2.24) is 5.32 Å². The summed E-state index contributed by atoms with van der Waals surface area (Å²) in [5.74, 6) is -2.29. The van der Waals surface area contributed by atoms with Crippen LogP contribution in [0.5, 0.6) is 0 Å². The molecule has 0 aromatic heterocycles. The number of carbonyl (C=O) groups is 2. The molecule has 2 atom stereocenters. The average molecular weight is 283 g/mol. The van der Waals surface area contributed by atoms with Crippen LogP contribution < -0.4 is 5.32 Å². The molecular weight excluding hydrogens is 265 g/mol. The van der Waals surface area contributed by atoms with E-state index in [1.54, 1.807) is 25.1 Å². The first-order chi connectivity index (χ1) is 9.45. The molecule has 0 fully saturated rings. The molecule has 2 N–H and O–H groups in total. The zero-order chi connectivity index (χ0) is 15.1. The summed E-state index contributed by atoms with van der Waals surface area (Å²) < 4.78 is 18.2. The molecule has 0 aliphatic rings. The van der Waals surface area contributed by atoms with E-state index >= 15 is 0 Å². The zero-order valence-electron chi connectivity index (χ0n) is 11.4. The monoisotopic (exact) mass is 283 g/mol. The quantitative estimate of drug-likeness (QED) is 0.789. The number of halogens is 1. The molecule has 0 spiro atoms. The van der Waals surface area contributed by atoms with Gasteiger partial charge in [-0.05, 0) is 18.1 Å². The highest BCUT2D eigenvalue weighted by molar-refractivity contribution is 5.80. The maximum absolute atomic E-state index is 13.5. The van der Waals surface area contributed by atoms with E-state index in [1.165, 1.54) is 13.2 Å². The summed E-state index contributed by atoms with van der Waals surface area (Å²) in [6, 6.07) is 6.24. The molecule has 0 saturated heterocycles. The maximum Gasteiger partial charge on any atom is 0.334 e. The SMILES string of the molecule is COC(CNC(=O)C(C)Cc1ccccc1F)C(=O)O. The fourth-order valence-corrected chi connectivity index (χ4v) is 1.73. The molecule has 0 radical (unpaired) electrons. The van der Waals surface area contributed by atoms with Gasteiger partial charge in [0.15, 0.2) is 6.10 Å². The Kier molecular flexibility index (Phi) is 6.11. The topological polar surface area (TPSA) is 75.6 Å². The predicted octanol–water partition coefficient (Wildman–Crippen LogP) is 1.22. The molecule has 0 aliphatic heterocycles. The zero-order valence-corrected chi connectivity index (χ0v) is 11.4. The van der Waals surface area contributed by atoms with Crippen molar-refractivity contribution in [1.29, 1.82) is 0 Å². The van der Waals surface area contributed by atoms with Crippen molar-refractivity contribution < 1.29 is 23.8 Å². The van der Waals surface area contributed by atoms with Gasteiger partial charge in [0.25, 0.3) is 0 Å². The highest BCUT2D eigenvalue weighted by Crippen LogP contribution is 2.12. The van der Waals surface area contributed by atoms with E-state index in [2.05, 4.69) is 5.32 Å². The first kappa shape index (κ1) is 16.1. The van der Waals surface area contributed by atoms with Gasteiger partial charge in [-0.15, -0.1) is 0 Å². The van der Waals surface area contributed by atoms with E-state index < -0.39 is 18.0 Å². The first-order valence-corrected chi connectivity index (χ1v) is 6.22. The van der Waals surface area contributed by atoms with Gasteiger partial charge >= 0.3 is 5.97 Å². The number of methoxy groups -OCH3 is 1. The van der Waals surface area contributed by atoms with E-state index in [1.807, 2.05) is 0 Å². The standard InChI is InChI=1S/C14H18FNO4/c1-9(7-10-5-3-4-6-11(10)15)13(17)16-8-12(20-2)14(18)19/h3-6,9,12H,7-8H2,1-2H3,(H,16,17)(H,18,19). The molecule has 6 heteroatoms. The van der Waals surface area contributed by atoms with Gasteiger partial charge in [0.1, 0.15) is 5.82 Å². The number of aliphatic carboxylic acids is 1. The van der Waals surface area contributed by atoms with E-state index in [4.69, 9.17) is 9.84 Å².